The number of benzene rings is 1. The number of ether oxygens (including phenoxy) is 1. The first-order valence-electron chi connectivity index (χ1n) is 5.64. The van der Waals surface area contributed by atoms with Gasteiger partial charge in [-0.2, -0.15) is 0 Å². The third kappa shape index (κ3) is 5.24. The molecule has 0 aliphatic rings. The number of hydrogen-bond donors (Lipinski definition) is 1. The molecule has 0 aliphatic heterocycles. The van der Waals surface area contributed by atoms with E-state index in [-0.39, 0.29) is 17.2 Å². The Morgan fingerprint density at radius 3 is 2.59 bits per heavy atom. The van der Waals surface area contributed by atoms with Crippen LogP contribution >= 0.6 is 11.8 Å². The van der Waals surface area contributed by atoms with Crippen molar-refractivity contribution in [1.29, 1.82) is 0 Å². The highest BCUT2D eigenvalue weighted by Gasteiger charge is 2.16. The Hall–Kier alpha value is -1.00. The normalized spacial score (nSPS) is 14.1. The van der Waals surface area contributed by atoms with E-state index in [0.717, 1.165) is 4.90 Å². The van der Waals surface area contributed by atoms with E-state index in [1.165, 1.54) is 0 Å². The average molecular weight is 253 g/mol. The van der Waals surface area contributed by atoms with Crippen LogP contribution in [0.25, 0.3) is 0 Å². The van der Waals surface area contributed by atoms with E-state index in [2.05, 4.69) is 5.32 Å². The van der Waals surface area contributed by atoms with Crippen LogP contribution in [-0.4, -0.2) is 30.9 Å². The van der Waals surface area contributed by atoms with E-state index >= 15 is 0 Å². The minimum atomic E-state index is -0.100. The number of amides is 1. The van der Waals surface area contributed by atoms with Gasteiger partial charge < -0.3 is 10.1 Å². The van der Waals surface area contributed by atoms with Crippen LogP contribution in [0.5, 0.6) is 0 Å². The quantitative estimate of drug-likeness (QED) is 0.791. The van der Waals surface area contributed by atoms with Gasteiger partial charge in [0, 0.05) is 18.0 Å². The van der Waals surface area contributed by atoms with Gasteiger partial charge in [-0.05, 0) is 26.0 Å². The van der Waals surface area contributed by atoms with Crippen LogP contribution < -0.4 is 5.32 Å². The van der Waals surface area contributed by atoms with Crippen LogP contribution in [0, 0.1) is 0 Å². The van der Waals surface area contributed by atoms with Crippen LogP contribution in [0.15, 0.2) is 35.2 Å². The summed E-state index contributed by atoms with van der Waals surface area (Å²) in [6, 6.07) is 9.97. The van der Waals surface area contributed by atoms with Crippen molar-refractivity contribution in [2.45, 2.75) is 30.0 Å². The number of methoxy groups -OCH3 is 1. The zero-order valence-corrected chi connectivity index (χ0v) is 11.3. The highest BCUT2D eigenvalue weighted by Crippen LogP contribution is 2.22. The molecule has 0 heterocycles. The summed E-state index contributed by atoms with van der Waals surface area (Å²) in [6.45, 7) is 4.38. The van der Waals surface area contributed by atoms with E-state index in [0.29, 0.717) is 6.61 Å². The smallest absolute Gasteiger partial charge is 0.233 e. The first-order valence-corrected chi connectivity index (χ1v) is 6.52. The molecule has 1 aromatic carbocycles. The van der Waals surface area contributed by atoms with Crippen molar-refractivity contribution >= 4 is 17.7 Å². The molecule has 0 saturated heterocycles. The van der Waals surface area contributed by atoms with Crippen LogP contribution in [0.2, 0.25) is 0 Å². The summed E-state index contributed by atoms with van der Waals surface area (Å²) >= 11 is 1.56. The van der Waals surface area contributed by atoms with Gasteiger partial charge in [0.05, 0.1) is 11.9 Å². The summed E-state index contributed by atoms with van der Waals surface area (Å²) in [7, 11) is 1.63. The summed E-state index contributed by atoms with van der Waals surface area (Å²) in [5, 5.41) is 2.82. The van der Waals surface area contributed by atoms with Gasteiger partial charge in [0.15, 0.2) is 0 Å². The molecular formula is C13H19NO2S. The van der Waals surface area contributed by atoms with Gasteiger partial charge in [0.2, 0.25) is 5.91 Å². The van der Waals surface area contributed by atoms with Crippen molar-refractivity contribution in [3.8, 4) is 0 Å². The van der Waals surface area contributed by atoms with Crippen LogP contribution in [-0.2, 0) is 9.53 Å². The maximum Gasteiger partial charge on any atom is 0.233 e. The largest absolute Gasteiger partial charge is 0.383 e. The molecule has 94 valence electrons. The van der Waals surface area contributed by atoms with Crippen molar-refractivity contribution in [3.05, 3.63) is 30.3 Å². The lowest BCUT2D eigenvalue weighted by atomic mass is 10.3. The molecule has 1 N–H and O–H groups in total. The van der Waals surface area contributed by atoms with E-state index in [1.807, 2.05) is 44.2 Å². The SMILES string of the molecule is COC[C@H](C)NC(=O)[C@H](C)Sc1ccccc1. The predicted octanol–water partition coefficient (Wildman–Crippen LogP) is 2.32. The number of nitrogens with one attached hydrogen (secondary N) is 1. The van der Waals surface area contributed by atoms with Crippen molar-refractivity contribution in [1.82, 2.24) is 5.32 Å². The van der Waals surface area contributed by atoms with Crippen molar-refractivity contribution in [3.63, 3.8) is 0 Å². The van der Waals surface area contributed by atoms with Crippen molar-refractivity contribution < 1.29 is 9.53 Å². The highest BCUT2D eigenvalue weighted by atomic mass is 32.2. The minimum absolute atomic E-state index is 0.0448. The summed E-state index contributed by atoms with van der Waals surface area (Å²) in [6.07, 6.45) is 0. The number of carbonyl (C=O) groups is 1. The van der Waals surface area contributed by atoms with Gasteiger partial charge in [-0.1, -0.05) is 18.2 Å². The maximum atomic E-state index is 11.8. The Morgan fingerprint density at radius 1 is 1.35 bits per heavy atom. The highest BCUT2D eigenvalue weighted by molar-refractivity contribution is 8.00. The molecule has 1 rings (SSSR count). The lowest BCUT2D eigenvalue weighted by molar-refractivity contribution is -0.121. The Labute approximate surface area is 107 Å². The summed E-state index contributed by atoms with van der Waals surface area (Å²) in [4.78, 5) is 13.0. The van der Waals surface area contributed by atoms with Crippen LogP contribution in [0.3, 0.4) is 0 Å². The van der Waals surface area contributed by atoms with Gasteiger partial charge in [0.25, 0.3) is 0 Å². The molecule has 0 fully saturated rings. The molecular weight excluding hydrogens is 234 g/mol. The second-order valence-electron chi connectivity index (χ2n) is 3.94. The molecule has 0 bridgehead atoms. The van der Waals surface area contributed by atoms with E-state index in [1.54, 1.807) is 18.9 Å². The van der Waals surface area contributed by atoms with Gasteiger partial charge in [-0.3, -0.25) is 4.79 Å². The Bertz CT molecular complexity index is 343. The monoisotopic (exact) mass is 253 g/mol. The molecule has 0 radical (unpaired) electrons. The van der Waals surface area contributed by atoms with Crippen molar-refractivity contribution in [2.75, 3.05) is 13.7 Å². The van der Waals surface area contributed by atoms with Gasteiger partial charge in [-0.25, -0.2) is 0 Å². The van der Waals surface area contributed by atoms with Gasteiger partial charge in [-0.15, -0.1) is 11.8 Å². The molecule has 0 aliphatic carbocycles. The number of carbonyl (C=O) groups excluding carboxylic acids is 1. The maximum absolute atomic E-state index is 11.8. The zero-order valence-electron chi connectivity index (χ0n) is 10.5. The van der Waals surface area contributed by atoms with E-state index in [9.17, 15) is 4.79 Å². The molecule has 17 heavy (non-hydrogen) atoms. The zero-order chi connectivity index (χ0) is 12.7. The van der Waals surface area contributed by atoms with E-state index < -0.39 is 0 Å². The topological polar surface area (TPSA) is 38.3 Å². The first-order chi connectivity index (χ1) is 8.13. The third-order valence-corrected chi connectivity index (χ3v) is 3.34. The second kappa shape index (κ2) is 7.35. The first kappa shape index (κ1) is 14.1. The van der Waals surface area contributed by atoms with Crippen molar-refractivity contribution in [2.24, 2.45) is 0 Å². The average Bonchev–Trinajstić information content (AvgIpc) is 2.30. The Morgan fingerprint density at radius 2 is 2.00 bits per heavy atom. The lowest BCUT2D eigenvalue weighted by Gasteiger charge is -2.16. The molecule has 0 spiro atoms. The minimum Gasteiger partial charge on any atom is -0.383 e. The molecule has 0 unspecified atom stereocenters. The standard InChI is InChI=1S/C13H19NO2S/c1-10(9-16-3)14-13(15)11(2)17-12-7-5-4-6-8-12/h4-8,10-11H,9H2,1-3H3,(H,14,15)/t10-,11-/m0/s1. The van der Waals surface area contributed by atoms with Gasteiger partial charge >= 0.3 is 0 Å². The van der Waals surface area contributed by atoms with Gasteiger partial charge in [0.1, 0.15) is 0 Å². The molecule has 4 heteroatoms. The van der Waals surface area contributed by atoms with Crippen LogP contribution in [0.1, 0.15) is 13.8 Å². The number of thioether (sulfide) groups is 1. The predicted molar refractivity (Wildman–Crippen MR) is 71.2 cm³/mol. The molecule has 0 saturated carbocycles. The lowest BCUT2D eigenvalue weighted by Crippen LogP contribution is -2.39. The molecule has 2 atom stereocenters. The third-order valence-electron chi connectivity index (χ3n) is 2.23. The molecule has 1 aromatic rings. The Balaban J connectivity index is 2.42. The number of rotatable bonds is 6. The summed E-state index contributed by atoms with van der Waals surface area (Å²) < 4.78 is 4.98. The summed E-state index contributed by atoms with van der Waals surface area (Å²) in [5.41, 5.74) is 0. The fourth-order valence-corrected chi connectivity index (χ4v) is 2.31. The molecule has 3 nitrogen and oxygen atoms in total. The van der Waals surface area contributed by atoms with Crippen LogP contribution in [0.4, 0.5) is 0 Å². The fraction of sp³-hybridized carbons (Fsp3) is 0.462. The molecule has 1 amide bonds. The second-order valence-corrected chi connectivity index (χ2v) is 5.35. The summed E-state index contributed by atoms with van der Waals surface area (Å²) in [5.74, 6) is 0.0448. The fourth-order valence-electron chi connectivity index (χ4n) is 1.41. The Kier molecular flexibility index (Phi) is 6.08. The molecule has 0 aromatic heterocycles. The van der Waals surface area contributed by atoms with E-state index in [4.69, 9.17) is 4.74 Å². The number of hydrogen-bond acceptors (Lipinski definition) is 3.